The van der Waals surface area contributed by atoms with Gasteiger partial charge in [0.15, 0.2) is 5.89 Å². The largest absolute Gasteiger partial charge is 0.462 e. The van der Waals surface area contributed by atoms with E-state index in [2.05, 4.69) is 22.9 Å². The van der Waals surface area contributed by atoms with Crippen LogP contribution in [0.15, 0.2) is 69.9 Å². The highest BCUT2D eigenvalue weighted by atomic mass is 16.5. The van der Waals surface area contributed by atoms with Crippen LogP contribution >= 0.6 is 0 Å². The molecular formula is C30H42N2O5. The Hall–Kier alpha value is -3.19. The number of fused-ring (bicyclic) bond motifs is 2. The van der Waals surface area contributed by atoms with E-state index in [1.54, 1.807) is 12.3 Å². The molecule has 202 valence electrons. The van der Waals surface area contributed by atoms with Gasteiger partial charge in [0.05, 0.1) is 12.1 Å². The average molecular weight is 511 g/mol. The normalized spacial score (nSPS) is 22.6. The maximum absolute atomic E-state index is 12.6. The zero-order valence-corrected chi connectivity index (χ0v) is 23.2. The maximum Gasteiger partial charge on any atom is 0.331 e. The van der Waals surface area contributed by atoms with E-state index < -0.39 is 12.1 Å². The van der Waals surface area contributed by atoms with Crippen molar-refractivity contribution in [3.63, 3.8) is 0 Å². The van der Waals surface area contributed by atoms with Gasteiger partial charge in [-0.25, -0.2) is 9.78 Å². The van der Waals surface area contributed by atoms with E-state index in [1.807, 2.05) is 59.2 Å². The minimum Gasteiger partial charge on any atom is -0.462 e. The Kier molecular flexibility index (Phi) is 12.8. The molecule has 1 aliphatic heterocycles. The number of carbonyl (C=O) groups excluding carboxylic acids is 2. The summed E-state index contributed by atoms with van der Waals surface area (Å²) in [7, 11) is 4.06. The number of aryl methyl sites for hydroxylation is 1. The molecule has 1 aliphatic rings. The molecule has 1 aromatic rings. The third-order valence-corrected chi connectivity index (χ3v) is 5.70. The first-order valence-electron chi connectivity index (χ1n) is 13.0. The molecule has 2 heterocycles. The number of hydrogen-bond donors (Lipinski definition) is 0. The SMILES string of the molecule is CC1=C/C=C\C(=O)OC(/C=C(C)/C=C/C(C)=C/CN(C)C)Cc2nc(co2)CCCCC(=O)O[C@@H](C)C1. The molecule has 2 bridgehead atoms. The molecule has 37 heavy (non-hydrogen) atoms. The summed E-state index contributed by atoms with van der Waals surface area (Å²) in [6.07, 6.45) is 17.5. The Morgan fingerprint density at radius 2 is 1.81 bits per heavy atom. The lowest BCUT2D eigenvalue weighted by Gasteiger charge is -2.13. The summed E-state index contributed by atoms with van der Waals surface area (Å²) in [5.41, 5.74) is 3.95. The zero-order chi connectivity index (χ0) is 27.2. The predicted molar refractivity (Wildman–Crippen MR) is 146 cm³/mol. The Balaban J connectivity index is 2.21. The molecule has 0 saturated carbocycles. The summed E-state index contributed by atoms with van der Waals surface area (Å²) in [6, 6.07) is 0. The molecule has 2 rings (SSSR count). The number of oxazole rings is 1. The zero-order valence-electron chi connectivity index (χ0n) is 23.2. The number of cyclic esters (lactones) is 2. The molecule has 1 aromatic heterocycles. The average Bonchev–Trinajstić information content (AvgIpc) is 3.25. The van der Waals surface area contributed by atoms with Gasteiger partial charge in [0, 0.05) is 25.5 Å². The number of aromatic nitrogens is 1. The number of ether oxygens (including phenoxy) is 2. The highest BCUT2D eigenvalue weighted by Crippen LogP contribution is 2.15. The lowest BCUT2D eigenvalue weighted by molar-refractivity contribution is -0.148. The Labute approximate surface area is 221 Å². The summed E-state index contributed by atoms with van der Waals surface area (Å²) in [5, 5.41) is 0. The van der Waals surface area contributed by atoms with Crippen molar-refractivity contribution >= 4 is 11.9 Å². The lowest BCUT2D eigenvalue weighted by atomic mass is 10.1. The topological polar surface area (TPSA) is 81.9 Å². The second-order valence-electron chi connectivity index (χ2n) is 9.95. The molecule has 0 fully saturated rings. The smallest absolute Gasteiger partial charge is 0.331 e. The molecule has 0 amide bonds. The van der Waals surface area contributed by atoms with E-state index in [9.17, 15) is 9.59 Å². The van der Waals surface area contributed by atoms with Crippen molar-refractivity contribution in [2.24, 2.45) is 0 Å². The van der Waals surface area contributed by atoms with Gasteiger partial charge >= 0.3 is 11.9 Å². The quantitative estimate of drug-likeness (QED) is 0.372. The van der Waals surface area contributed by atoms with Crippen molar-refractivity contribution in [3.8, 4) is 0 Å². The Morgan fingerprint density at radius 1 is 1.08 bits per heavy atom. The fourth-order valence-electron chi connectivity index (χ4n) is 3.77. The maximum atomic E-state index is 12.6. The standard InChI is InChI=1S/C30H42N2O5/c1-22(16-17-32(5)6)14-15-24(3)19-27-20-28-31-26(21-35-28)11-7-8-12-29(33)36-25(4)18-23(2)10-9-13-30(34)37-27/h9-10,13-16,19,21,25,27H,7-8,11-12,17-18,20H2,1-6H3/b13-9-,15-14+,22-16+,23-10?,24-19+/t25-,27?/m0/s1. The van der Waals surface area contributed by atoms with Gasteiger partial charge in [-0.05, 0) is 67.1 Å². The molecule has 0 spiro atoms. The van der Waals surface area contributed by atoms with E-state index in [4.69, 9.17) is 13.9 Å². The summed E-state index contributed by atoms with van der Waals surface area (Å²) >= 11 is 0. The van der Waals surface area contributed by atoms with E-state index >= 15 is 0 Å². The summed E-state index contributed by atoms with van der Waals surface area (Å²) in [5.74, 6) is -0.136. The van der Waals surface area contributed by atoms with Crippen LogP contribution in [0.25, 0.3) is 0 Å². The van der Waals surface area contributed by atoms with Crippen molar-refractivity contribution in [1.29, 1.82) is 0 Å². The number of likely N-dealkylation sites (N-methyl/N-ethyl adjacent to an activating group) is 1. The van der Waals surface area contributed by atoms with Crippen molar-refractivity contribution in [2.45, 2.75) is 78.4 Å². The molecule has 0 radical (unpaired) electrons. The number of nitrogens with zero attached hydrogens (tertiary/aromatic N) is 2. The van der Waals surface area contributed by atoms with Crippen LogP contribution in [-0.4, -0.2) is 54.7 Å². The van der Waals surface area contributed by atoms with Gasteiger partial charge in [0.2, 0.25) is 0 Å². The number of rotatable bonds is 5. The van der Waals surface area contributed by atoms with E-state index in [0.717, 1.165) is 41.8 Å². The molecule has 7 nitrogen and oxygen atoms in total. The fourth-order valence-corrected chi connectivity index (χ4v) is 3.77. The molecule has 2 atom stereocenters. The second-order valence-corrected chi connectivity index (χ2v) is 9.95. The third-order valence-electron chi connectivity index (χ3n) is 5.70. The van der Waals surface area contributed by atoms with Crippen LogP contribution in [0.5, 0.6) is 0 Å². The molecule has 0 N–H and O–H groups in total. The summed E-state index contributed by atoms with van der Waals surface area (Å²) < 4.78 is 16.9. The van der Waals surface area contributed by atoms with Crippen LogP contribution in [0.4, 0.5) is 0 Å². The van der Waals surface area contributed by atoms with Crippen LogP contribution < -0.4 is 0 Å². The lowest BCUT2D eigenvalue weighted by Crippen LogP contribution is -2.18. The minimum absolute atomic E-state index is 0.194. The predicted octanol–water partition coefficient (Wildman–Crippen LogP) is 5.69. The third kappa shape index (κ3) is 13.1. The fraction of sp³-hybridized carbons (Fsp3) is 0.500. The molecule has 0 aromatic carbocycles. The molecule has 7 heteroatoms. The van der Waals surface area contributed by atoms with Crippen molar-refractivity contribution in [1.82, 2.24) is 9.88 Å². The molecular weight excluding hydrogens is 468 g/mol. The van der Waals surface area contributed by atoms with Gasteiger partial charge in [-0.15, -0.1) is 0 Å². The van der Waals surface area contributed by atoms with Gasteiger partial charge in [0.25, 0.3) is 0 Å². The van der Waals surface area contributed by atoms with Crippen LogP contribution in [0, 0.1) is 0 Å². The van der Waals surface area contributed by atoms with Gasteiger partial charge in [0.1, 0.15) is 18.5 Å². The number of allylic oxidation sites excluding steroid dienone is 6. The monoisotopic (exact) mass is 510 g/mol. The highest BCUT2D eigenvalue weighted by molar-refractivity contribution is 5.82. The number of esters is 2. The van der Waals surface area contributed by atoms with Crippen LogP contribution in [0.2, 0.25) is 0 Å². The first kappa shape index (κ1) is 30.0. The Morgan fingerprint density at radius 3 is 2.57 bits per heavy atom. The first-order valence-corrected chi connectivity index (χ1v) is 13.0. The number of hydrogen-bond acceptors (Lipinski definition) is 7. The van der Waals surface area contributed by atoms with Crippen molar-refractivity contribution < 1.29 is 23.5 Å². The summed E-state index contributed by atoms with van der Waals surface area (Å²) in [6.45, 7) is 8.72. The van der Waals surface area contributed by atoms with Crippen LogP contribution in [0.3, 0.4) is 0 Å². The highest BCUT2D eigenvalue weighted by Gasteiger charge is 2.16. The van der Waals surface area contributed by atoms with E-state index in [1.165, 1.54) is 6.08 Å². The van der Waals surface area contributed by atoms with Gasteiger partial charge in [-0.1, -0.05) is 47.1 Å². The van der Waals surface area contributed by atoms with Gasteiger partial charge in [-0.3, -0.25) is 4.79 Å². The molecule has 0 saturated heterocycles. The van der Waals surface area contributed by atoms with E-state index in [0.29, 0.717) is 31.6 Å². The number of carbonyl (C=O) groups is 2. The van der Waals surface area contributed by atoms with Gasteiger partial charge in [-0.2, -0.15) is 0 Å². The van der Waals surface area contributed by atoms with Gasteiger partial charge < -0.3 is 18.8 Å². The molecule has 0 aliphatic carbocycles. The van der Waals surface area contributed by atoms with E-state index in [-0.39, 0.29) is 12.1 Å². The Bertz CT molecular complexity index is 1040. The van der Waals surface area contributed by atoms with Crippen molar-refractivity contribution in [2.75, 3.05) is 20.6 Å². The van der Waals surface area contributed by atoms with Crippen molar-refractivity contribution in [3.05, 3.63) is 77.1 Å². The van der Waals surface area contributed by atoms with Crippen LogP contribution in [-0.2, 0) is 31.9 Å². The summed E-state index contributed by atoms with van der Waals surface area (Å²) in [4.78, 5) is 31.4. The minimum atomic E-state index is -0.530. The second kappa shape index (κ2) is 15.8. The van der Waals surface area contributed by atoms with Crippen LogP contribution in [0.1, 0.15) is 65.0 Å². The first-order chi connectivity index (χ1) is 17.6. The molecule has 1 unspecified atom stereocenters.